The molecule has 0 fully saturated rings. The highest BCUT2D eigenvalue weighted by Crippen LogP contribution is 2.16. The Morgan fingerprint density at radius 3 is 2.25 bits per heavy atom. The predicted octanol–water partition coefficient (Wildman–Crippen LogP) is 4.53. The van der Waals surface area contributed by atoms with Crippen LogP contribution in [0.4, 0.5) is 8.78 Å². The van der Waals surface area contributed by atoms with Gasteiger partial charge in [0.2, 0.25) is 5.91 Å². The molecule has 0 unspecified atom stereocenters. The van der Waals surface area contributed by atoms with Gasteiger partial charge in [0.1, 0.15) is 5.75 Å². The van der Waals surface area contributed by atoms with Gasteiger partial charge in [0.05, 0.1) is 0 Å². The summed E-state index contributed by atoms with van der Waals surface area (Å²) in [4.78, 5) is 13.8. The van der Waals surface area contributed by atoms with Crippen molar-refractivity contribution in [2.24, 2.45) is 0 Å². The zero-order valence-electron chi connectivity index (χ0n) is 13.2. The number of ether oxygens (including phenoxy) is 1. The van der Waals surface area contributed by atoms with Crippen LogP contribution in [-0.2, 0) is 17.8 Å². The van der Waals surface area contributed by atoms with E-state index in [9.17, 15) is 13.6 Å². The Kier molecular flexibility index (Phi) is 6.55. The first-order valence-corrected chi connectivity index (χ1v) is 7.84. The first-order chi connectivity index (χ1) is 11.4. The molecular weight excluding hydrogens is 336 g/mol. The van der Waals surface area contributed by atoms with Gasteiger partial charge in [-0.25, -0.2) is 0 Å². The molecule has 0 radical (unpaired) electrons. The summed E-state index contributed by atoms with van der Waals surface area (Å²) < 4.78 is 28.5. The maximum atomic E-state index is 12.2. The molecule has 2 aromatic carbocycles. The minimum absolute atomic E-state index is 0.0119. The molecule has 1 amide bonds. The van der Waals surface area contributed by atoms with E-state index in [4.69, 9.17) is 11.6 Å². The highest BCUT2D eigenvalue weighted by molar-refractivity contribution is 6.30. The minimum atomic E-state index is -2.83. The number of hydrogen-bond acceptors (Lipinski definition) is 2. The van der Waals surface area contributed by atoms with Crippen molar-refractivity contribution in [3.05, 3.63) is 64.7 Å². The van der Waals surface area contributed by atoms with Crippen LogP contribution in [-0.4, -0.2) is 24.5 Å². The summed E-state index contributed by atoms with van der Waals surface area (Å²) in [5, 5.41) is 0.659. The third-order valence-corrected chi connectivity index (χ3v) is 3.79. The lowest BCUT2D eigenvalue weighted by Crippen LogP contribution is -2.26. The molecule has 0 bridgehead atoms. The van der Waals surface area contributed by atoms with Crippen LogP contribution in [0.3, 0.4) is 0 Å². The normalized spacial score (nSPS) is 10.7. The second-order valence-electron chi connectivity index (χ2n) is 5.40. The number of rotatable bonds is 7. The van der Waals surface area contributed by atoms with Crippen molar-refractivity contribution in [1.29, 1.82) is 0 Å². The molecule has 128 valence electrons. The van der Waals surface area contributed by atoms with E-state index in [0.717, 1.165) is 11.1 Å². The molecule has 0 aliphatic carbocycles. The lowest BCUT2D eigenvalue weighted by Gasteiger charge is -2.17. The largest absolute Gasteiger partial charge is 0.435 e. The van der Waals surface area contributed by atoms with Gasteiger partial charge in [0, 0.05) is 25.0 Å². The molecule has 0 aromatic heterocycles. The number of hydrogen-bond donors (Lipinski definition) is 0. The number of amides is 1. The fourth-order valence-electron chi connectivity index (χ4n) is 2.23. The Bertz CT molecular complexity index is 660. The highest BCUT2D eigenvalue weighted by Gasteiger charge is 2.10. The van der Waals surface area contributed by atoms with Crippen LogP contribution in [0.5, 0.6) is 5.75 Å². The van der Waals surface area contributed by atoms with Gasteiger partial charge < -0.3 is 9.64 Å². The molecule has 0 heterocycles. The van der Waals surface area contributed by atoms with Crippen molar-refractivity contribution in [1.82, 2.24) is 4.90 Å². The van der Waals surface area contributed by atoms with E-state index in [2.05, 4.69) is 4.74 Å². The second-order valence-corrected chi connectivity index (χ2v) is 5.84. The van der Waals surface area contributed by atoms with Crippen LogP contribution < -0.4 is 4.74 Å². The zero-order valence-corrected chi connectivity index (χ0v) is 14.0. The molecular formula is C18H18ClF2NO2. The van der Waals surface area contributed by atoms with Gasteiger partial charge in [-0.2, -0.15) is 8.78 Å². The van der Waals surface area contributed by atoms with E-state index in [0.29, 0.717) is 24.4 Å². The molecule has 0 aliphatic heterocycles. The smallest absolute Gasteiger partial charge is 0.387 e. The molecule has 24 heavy (non-hydrogen) atoms. The summed E-state index contributed by atoms with van der Waals surface area (Å²) in [7, 11) is 1.75. The van der Waals surface area contributed by atoms with Crippen molar-refractivity contribution >= 4 is 17.5 Å². The Morgan fingerprint density at radius 1 is 1.08 bits per heavy atom. The van der Waals surface area contributed by atoms with Crippen molar-refractivity contribution in [3.8, 4) is 5.75 Å². The van der Waals surface area contributed by atoms with Crippen LogP contribution in [0.1, 0.15) is 17.5 Å². The molecule has 0 atom stereocenters. The van der Waals surface area contributed by atoms with Crippen LogP contribution in [0.2, 0.25) is 5.02 Å². The Morgan fingerprint density at radius 2 is 1.67 bits per heavy atom. The predicted molar refractivity (Wildman–Crippen MR) is 89.3 cm³/mol. The third-order valence-electron chi connectivity index (χ3n) is 3.53. The fourth-order valence-corrected chi connectivity index (χ4v) is 2.36. The molecule has 0 N–H and O–H groups in total. The topological polar surface area (TPSA) is 29.5 Å². The number of carbonyl (C=O) groups excluding carboxylic acids is 1. The monoisotopic (exact) mass is 353 g/mol. The third kappa shape index (κ3) is 5.81. The summed E-state index contributed by atoms with van der Waals surface area (Å²) >= 11 is 5.84. The van der Waals surface area contributed by atoms with Crippen LogP contribution >= 0.6 is 11.6 Å². The van der Waals surface area contributed by atoms with Gasteiger partial charge in [-0.05, 0) is 41.8 Å². The van der Waals surface area contributed by atoms with Gasteiger partial charge in [0.15, 0.2) is 0 Å². The van der Waals surface area contributed by atoms with Gasteiger partial charge in [-0.3, -0.25) is 4.79 Å². The van der Waals surface area contributed by atoms with Gasteiger partial charge >= 0.3 is 6.61 Å². The average molecular weight is 354 g/mol. The van der Waals surface area contributed by atoms with Crippen molar-refractivity contribution in [2.75, 3.05) is 7.05 Å². The van der Waals surface area contributed by atoms with Crippen LogP contribution in [0.25, 0.3) is 0 Å². The highest BCUT2D eigenvalue weighted by atomic mass is 35.5. The molecule has 2 rings (SSSR count). The molecule has 0 saturated heterocycles. The fraction of sp³-hybridized carbons (Fsp3) is 0.278. The van der Waals surface area contributed by atoms with Crippen LogP contribution in [0, 0.1) is 0 Å². The number of carbonyl (C=O) groups is 1. The van der Waals surface area contributed by atoms with Gasteiger partial charge in [0.25, 0.3) is 0 Å². The maximum Gasteiger partial charge on any atom is 0.387 e. The summed E-state index contributed by atoms with van der Waals surface area (Å²) in [5.41, 5.74) is 1.90. The quantitative estimate of drug-likeness (QED) is 0.731. The molecule has 3 nitrogen and oxygen atoms in total. The van der Waals surface area contributed by atoms with E-state index >= 15 is 0 Å². The first kappa shape index (κ1) is 18.2. The van der Waals surface area contributed by atoms with Crippen LogP contribution in [0.15, 0.2) is 48.5 Å². The molecule has 0 spiro atoms. The Hall–Kier alpha value is -2.14. The molecule has 6 heteroatoms. The number of aryl methyl sites for hydroxylation is 1. The summed E-state index contributed by atoms with van der Waals surface area (Å²) in [5.74, 6) is 0.123. The lowest BCUT2D eigenvalue weighted by molar-refractivity contribution is -0.130. The summed E-state index contributed by atoms with van der Waals surface area (Å²) in [6.45, 7) is -2.32. The van der Waals surface area contributed by atoms with E-state index < -0.39 is 6.61 Å². The minimum Gasteiger partial charge on any atom is -0.435 e. The van der Waals surface area contributed by atoms with E-state index in [1.807, 2.05) is 12.1 Å². The van der Waals surface area contributed by atoms with Gasteiger partial charge in [-0.1, -0.05) is 35.9 Å². The number of alkyl halides is 2. The summed E-state index contributed by atoms with van der Waals surface area (Å²) in [6, 6.07) is 13.7. The SMILES string of the molecule is CN(Cc1ccc(Cl)cc1)C(=O)CCc1ccc(OC(F)F)cc1. The van der Waals surface area contributed by atoms with Crippen molar-refractivity contribution in [3.63, 3.8) is 0 Å². The maximum absolute atomic E-state index is 12.2. The second kappa shape index (κ2) is 8.64. The Labute approximate surface area is 144 Å². The average Bonchev–Trinajstić information content (AvgIpc) is 2.55. The lowest BCUT2D eigenvalue weighted by atomic mass is 10.1. The van der Waals surface area contributed by atoms with E-state index in [-0.39, 0.29) is 11.7 Å². The molecule has 0 aliphatic rings. The zero-order chi connectivity index (χ0) is 17.5. The Balaban J connectivity index is 1.82. The summed E-state index contributed by atoms with van der Waals surface area (Å²) in [6.07, 6.45) is 0.887. The first-order valence-electron chi connectivity index (χ1n) is 7.46. The number of halogens is 3. The molecule has 2 aromatic rings. The van der Waals surface area contributed by atoms with Crippen molar-refractivity contribution in [2.45, 2.75) is 26.0 Å². The van der Waals surface area contributed by atoms with Gasteiger partial charge in [-0.15, -0.1) is 0 Å². The van der Waals surface area contributed by atoms with E-state index in [1.165, 1.54) is 12.1 Å². The molecule has 0 saturated carbocycles. The van der Waals surface area contributed by atoms with Crippen molar-refractivity contribution < 1.29 is 18.3 Å². The standard InChI is InChI=1S/C18H18ClF2NO2/c1-22(12-14-2-7-15(19)8-3-14)17(23)11-6-13-4-9-16(10-5-13)24-18(20)21/h2-5,7-10,18H,6,11-12H2,1H3. The number of benzene rings is 2. The van der Waals surface area contributed by atoms with E-state index in [1.54, 1.807) is 36.2 Å². The number of nitrogens with zero attached hydrogens (tertiary/aromatic N) is 1.